The molecule has 1 aromatic heterocycles. The summed E-state index contributed by atoms with van der Waals surface area (Å²) in [6.07, 6.45) is 0. The van der Waals surface area contributed by atoms with Crippen LogP contribution in [0.2, 0.25) is 0 Å². The molecule has 0 radical (unpaired) electrons. The molecule has 22 heavy (non-hydrogen) atoms. The van der Waals surface area contributed by atoms with E-state index in [0.717, 1.165) is 0 Å². The molecule has 0 atom stereocenters. The highest BCUT2D eigenvalue weighted by Gasteiger charge is 2.15. The lowest BCUT2D eigenvalue weighted by Gasteiger charge is -2.10. The highest BCUT2D eigenvalue weighted by Crippen LogP contribution is 2.23. The van der Waals surface area contributed by atoms with E-state index in [1.54, 1.807) is 18.2 Å². The first-order valence-corrected chi connectivity index (χ1v) is 6.87. The van der Waals surface area contributed by atoms with E-state index in [-0.39, 0.29) is 5.92 Å². The van der Waals surface area contributed by atoms with Crippen LogP contribution in [0.5, 0.6) is 5.75 Å². The van der Waals surface area contributed by atoms with E-state index in [4.69, 9.17) is 14.0 Å². The third kappa shape index (κ3) is 3.55. The fraction of sp³-hybridized carbons (Fsp3) is 0.400. The summed E-state index contributed by atoms with van der Waals surface area (Å²) < 4.78 is 15.1. The number of hydrogen-bond donors (Lipinski definition) is 1. The highest BCUT2D eigenvalue weighted by molar-refractivity contribution is 5.96. The molecule has 2 aromatic rings. The van der Waals surface area contributed by atoms with Gasteiger partial charge < -0.3 is 19.3 Å². The smallest absolute Gasteiger partial charge is 0.340 e. The minimum absolute atomic E-state index is 0.198. The second-order valence-corrected chi connectivity index (χ2v) is 4.96. The van der Waals surface area contributed by atoms with Crippen molar-refractivity contribution in [2.24, 2.45) is 0 Å². The van der Waals surface area contributed by atoms with Gasteiger partial charge in [0, 0.05) is 11.6 Å². The maximum atomic E-state index is 11.8. The quantitative estimate of drug-likeness (QED) is 0.821. The van der Waals surface area contributed by atoms with E-state index in [1.807, 2.05) is 13.8 Å². The molecule has 118 valence electrons. The second-order valence-electron chi connectivity index (χ2n) is 4.96. The Bertz CT molecular complexity index is 652. The van der Waals surface area contributed by atoms with Crippen molar-refractivity contribution in [3.05, 3.63) is 35.5 Å². The van der Waals surface area contributed by atoms with Crippen molar-refractivity contribution in [2.45, 2.75) is 26.3 Å². The largest absolute Gasteiger partial charge is 0.497 e. The van der Waals surface area contributed by atoms with Crippen molar-refractivity contribution in [3.8, 4) is 5.75 Å². The average Bonchev–Trinajstić information content (AvgIpc) is 3.01. The van der Waals surface area contributed by atoms with E-state index in [2.05, 4.69) is 15.5 Å². The predicted octanol–water partition coefficient (Wildman–Crippen LogP) is 2.60. The predicted molar refractivity (Wildman–Crippen MR) is 80.0 cm³/mol. The van der Waals surface area contributed by atoms with Crippen molar-refractivity contribution < 1.29 is 18.8 Å². The number of benzene rings is 1. The molecule has 0 saturated carbocycles. The number of methoxy groups -OCH3 is 2. The number of ether oxygens (including phenoxy) is 2. The lowest BCUT2D eigenvalue weighted by Crippen LogP contribution is -2.09. The Balaban J connectivity index is 2.15. The molecule has 0 saturated heterocycles. The van der Waals surface area contributed by atoms with Crippen LogP contribution in [0.15, 0.2) is 22.7 Å². The molecule has 0 unspecified atom stereocenters. The summed E-state index contributed by atoms with van der Waals surface area (Å²) in [5, 5.41) is 6.99. The number of nitrogens with one attached hydrogen (secondary N) is 1. The molecule has 0 aliphatic heterocycles. The first kappa shape index (κ1) is 15.8. The van der Waals surface area contributed by atoms with Crippen LogP contribution < -0.4 is 10.1 Å². The van der Waals surface area contributed by atoms with Gasteiger partial charge in [0.2, 0.25) is 5.89 Å². The summed E-state index contributed by atoms with van der Waals surface area (Å²) in [6.45, 7) is 4.29. The molecule has 7 heteroatoms. The molecule has 2 rings (SSSR count). The standard InChI is InChI=1S/C15H19N3O4/c1-9(2)14-17-13(22-18-14)8-16-12-6-5-10(20-3)7-11(12)15(19)21-4/h5-7,9,16H,8H2,1-4H3. The molecule has 0 fully saturated rings. The number of aromatic nitrogens is 2. The fourth-order valence-corrected chi connectivity index (χ4v) is 1.83. The van der Waals surface area contributed by atoms with Gasteiger partial charge in [0.05, 0.1) is 26.3 Å². The van der Waals surface area contributed by atoms with Gasteiger partial charge in [0.25, 0.3) is 0 Å². The van der Waals surface area contributed by atoms with E-state index < -0.39 is 5.97 Å². The minimum atomic E-state index is -0.449. The summed E-state index contributed by atoms with van der Waals surface area (Å²) in [5.41, 5.74) is 0.988. The summed E-state index contributed by atoms with van der Waals surface area (Å²) in [6, 6.07) is 5.11. The number of rotatable bonds is 6. The maximum absolute atomic E-state index is 11.8. The molecule has 0 bridgehead atoms. The van der Waals surface area contributed by atoms with Crippen LogP contribution in [0.4, 0.5) is 5.69 Å². The molecule has 0 aliphatic carbocycles. The van der Waals surface area contributed by atoms with Crippen LogP contribution in [0.1, 0.15) is 41.8 Å². The van der Waals surface area contributed by atoms with Gasteiger partial charge in [-0.15, -0.1) is 0 Å². The Labute approximate surface area is 128 Å². The molecule has 1 N–H and O–H groups in total. The first-order chi connectivity index (χ1) is 10.5. The van der Waals surface area contributed by atoms with Crippen LogP contribution in [-0.4, -0.2) is 30.3 Å². The number of hydrogen-bond acceptors (Lipinski definition) is 7. The normalized spacial score (nSPS) is 10.6. The van der Waals surface area contributed by atoms with Crippen LogP contribution in [0.3, 0.4) is 0 Å². The van der Waals surface area contributed by atoms with Crippen LogP contribution in [0.25, 0.3) is 0 Å². The zero-order chi connectivity index (χ0) is 16.1. The summed E-state index contributed by atoms with van der Waals surface area (Å²) in [4.78, 5) is 16.1. The van der Waals surface area contributed by atoms with Gasteiger partial charge >= 0.3 is 5.97 Å². The summed E-state index contributed by atoms with van der Waals surface area (Å²) >= 11 is 0. The summed E-state index contributed by atoms with van der Waals surface area (Å²) in [7, 11) is 2.87. The number of anilines is 1. The lowest BCUT2D eigenvalue weighted by molar-refractivity contribution is 0.0601. The zero-order valence-electron chi connectivity index (χ0n) is 13.0. The van der Waals surface area contributed by atoms with Gasteiger partial charge in [-0.25, -0.2) is 4.79 Å². The monoisotopic (exact) mass is 305 g/mol. The van der Waals surface area contributed by atoms with Crippen molar-refractivity contribution >= 4 is 11.7 Å². The second kappa shape index (κ2) is 6.93. The first-order valence-electron chi connectivity index (χ1n) is 6.87. The van der Waals surface area contributed by atoms with Gasteiger partial charge in [-0.05, 0) is 18.2 Å². The van der Waals surface area contributed by atoms with Gasteiger partial charge in [0.1, 0.15) is 5.75 Å². The SMILES string of the molecule is COC(=O)c1cc(OC)ccc1NCc1nc(C(C)C)no1. The summed E-state index contributed by atoms with van der Waals surface area (Å²) in [5.74, 6) is 1.43. The molecule has 0 amide bonds. The number of carbonyl (C=O) groups is 1. The zero-order valence-corrected chi connectivity index (χ0v) is 13.0. The number of carbonyl (C=O) groups excluding carboxylic acids is 1. The van der Waals surface area contributed by atoms with Gasteiger partial charge in [-0.2, -0.15) is 4.98 Å². The topological polar surface area (TPSA) is 86.5 Å². The van der Waals surface area contributed by atoms with E-state index >= 15 is 0 Å². The van der Waals surface area contributed by atoms with Gasteiger partial charge in [0.15, 0.2) is 5.82 Å². The molecule has 1 heterocycles. The van der Waals surface area contributed by atoms with Crippen molar-refractivity contribution in [1.29, 1.82) is 0 Å². The molecule has 0 spiro atoms. The maximum Gasteiger partial charge on any atom is 0.340 e. The van der Waals surface area contributed by atoms with Crippen molar-refractivity contribution in [1.82, 2.24) is 10.1 Å². The Hall–Kier alpha value is -2.57. The molecule has 1 aromatic carbocycles. The Morgan fingerprint density at radius 3 is 2.73 bits per heavy atom. The third-order valence-electron chi connectivity index (χ3n) is 3.06. The Morgan fingerprint density at radius 2 is 2.14 bits per heavy atom. The third-order valence-corrected chi connectivity index (χ3v) is 3.06. The lowest BCUT2D eigenvalue weighted by atomic mass is 10.1. The van der Waals surface area contributed by atoms with Crippen LogP contribution >= 0.6 is 0 Å². The fourth-order valence-electron chi connectivity index (χ4n) is 1.83. The molecular weight excluding hydrogens is 286 g/mol. The van der Waals surface area contributed by atoms with Crippen molar-refractivity contribution in [2.75, 3.05) is 19.5 Å². The van der Waals surface area contributed by atoms with Crippen LogP contribution in [-0.2, 0) is 11.3 Å². The van der Waals surface area contributed by atoms with Gasteiger partial charge in [-0.1, -0.05) is 19.0 Å². The average molecular weight is 305 g/mol. The Kier molecular flexibility index (Phi) is 4.98. The number of nitrogens with zero attached hydrogens (tertiary/aromatic N) is 2. The van der Waals surface area contributed by atoms with Crippen molar-refractivity contribution in [3.63, 3.8) is 0 Å². The Morgan fingerprint density at radius 1 is 1.36 bits per heavy atom. The minimum Gasteiger partial charge on any atom is -0.497 e. The molecule has 0 aliphatic rings. The molecule has 7 nitrogen and oxygen atoms in total. The van der Waals surface area contributed by atoms with Gasteiger partial charge in [-0.3, -0.25) is 0 Å². The van der Waals surface area contributed by atoms with E-state index in [1.165, 1.54) is 14.2 Å². The van der Waals surface area contributed by atoms with E-state index in [0.29, 0.717) is 35.3 Å². The van der Waals surface area contributed by atoms with E-state index in [9.17, 15) is 4.79 Å². The number of esters is 1. The van der Waals surface area contributed by atoms with Crippen LogP contribution in [0, 0.1) is 0 Å². The molecular formula is C15H19N3O4. The highest BCUT2D eigenvalue weighted by atomic mass is 16.5.